The molecule has 0 aromatic carbocycles. The summed E-state index contributed by atoms with van der Waals surface area (Å²) in [4.78, 5) is 94.0. The quantitative estimate of drug-likeness (QED) is 0.0767. The molecule has 0 aliphatic heterocycles. The van der Waals surface area contributed by atoms with Gasteiger partial charge in [0.2, 0.25) is 0 Å². The van der Waals surface area contributed by atoms with Crippen LogP contribution in [0.3, 0.4) is 0 Å². The van der Waals surface area contributed by atoms with E-state index in [1.807, 2.05) is 0 Å². The number of nitrogens with zero attached hydrogens (tertiary/aromatic N) is 3. The molecule has 0 atom stereocenters. The van der Waals surface area contributed by atoms with Gasteiger partial charge in [0.15, 0.2) is 18.9 Å². The third-order valence-electron chi connectivity index (χ3n) is 4.94. The molecule has 20 nitrogen and oxygen atoms in total. The average Bonchev–Trinajstić information content (AvgIpc) is 2.96. The average molecular weight is 812 g/mol. The van der Waals surface area contributed by atoms with Gasteiger partial charge in [-0.15, -0.1) is 0 Å². The van der Waals surface area contributed by atoms with Gasteiger partial charge in [-0.2, -0.15) is 15.6 Å². The zero-order valence-corrected chi connectivity index (χ0v) is 34.5. The number of carbonyl (C=O) groups is 3. The molecule has 0 fully saturated rings. The first-order valence-electron chi connectivity index (χ1n) is 11.8. The molecule has 25 heteroatoms. The van der Waals surface area contributed by atoms with Crippen LogP contribution in [0.1, 0.15) is 64.8 Å². The molecule has 6 N–H and O–H groups in total. The van der Waals surface area contributed by atoms with Crippen molar-refractivity contribution in [2.24, 2.45) is 0 Å². The molecule has 3 aromatic heterocycles. The summed E-state index contributed by atoms with van der Waals surface area (Å²) < 4.78 is 17.1. The maximum atomic E-state index is 10.5. The van der Waals surface area contributed by atoms with Crippen LogP contribution in [0.4, 0.5) is 0 Å². The van der Waals surface area contributed by atoms with Crippen LogP contribution in [0.2, 0.25) is 0 Å². The van der Waals surface area contributed by atoms with Crippen LogP contribution in [0.25, 0.3) is 0 Å². The second-order valence-electron chi connectivity index (χ2n) is 8.12. The van der Waals surface area contributed by atoms with Crippen molar-refractivity contribution in [2.45, 2.75) is 40.6 Å². The van der Waals surface area contributed by atoms with Gasteiger partial charge in [0.1, 0.15) is 17.2 Å². The Balaban J connectivity index is -0.000000169. The molecule has 0 aliphatic rings. The number of aldehydes is 3. The maximum absolute atomic E-state index is 10.5. The van der Waals surface area contributed by atoms with Gasteiger partial charge < -0.3 is 69.1 Å². The van der Waals surface area contributed by atoms with Crippen LogP contribution in [0.15, 0.2) is 18.6 Å². The summed E-state index contributed by atoms with van der Waals surface area (Å²) in [7, 11) is -10.8. The van der Waals surface area contributed by atoms with Crippen molar-refractivity contribution in [1.82, 2.24) is 15.0 Å². The second kappa shape index (κ2) is 29.2. The number of phosphoric acid groups is 2. The number of hydrogen-bond donors (Lipinski definition) is 6. The van der Waals surface area contributed by atoms with Crippen molar-refractivity contribution in [1.29, 1.82) is 0 Å². The van der Waals surface area contributed by atoms with Gasteiger partial charge in [-0.25, -0.2) is 0 Å². The molecule has 0 aliphatic carbocycles. The summed E-state index contributed by atoms with van der Waals surface area (Å²) in [6.45, 7) is 3.87. The number of aromatic hydroxyl groups is 3. The molecule has 3 heterocycles. The van der Waals surface area contributed by atoms with Crippen LogP contribution in [0.5, 0.6) is 17.2 Å². The predicted octanol–water partition coefficient (Wildman–Crippen LogP) is -5.59. The van der Waals surface area contributed by atoms with Gasteiger partial charge in [0.25, 0.3) is 0 Å². The Morgan fingerprint density at radius 2 is 0.694 bits per heavy atom. The van der Waals surface area contributed by atoms with E-state index in [0.717, 1.165) is 0 Å². The molecule has 0 saturated heterocycles. The largest absolute Gasteiger partial charge is 2.00 e. The number of rotatable bonds is 6. The SMILES string of the molecule is Cc1ncc(CO)c(C=O)c1O.Cc1ncc(CO)c(C=O)c1O.Cc1ncc(CO)c(C=O)c1O.O=P([O-])([O-])[O-].O=P([O-])([O-])[O-].[Ca+2].[Ca+2].[Ca+2]. The van der Waals surface area contributed by atoms with E-state index in [1.165, 1.54) is 18.6 Å². The number of aromatic nitrogens is 3. The second-order valence-corrected chi connectivity index (χ2v) is 9.90. The third-order valence-corrected chi connectivity index (χ3v) is 4.94. The van der Waals surface area contributed by atoms with Crippen molar-refractivity contribution < 1.29 is 83.5 Å². The fourth-order valence-corrected chi connectivity index (χ4v) is 2.73. The van der Waals surface area contributed by atoms with Crippen molar-refractivity contribution in [3.05, 3.63) is 69.1 Å². The van der Waals surface area contributed by atoms with E-state index in [2.05, 4.69) is 15.0 Å². The molecule has 3 rings (SSSR count). The van der Waals surface area contributed by atoms with Crippen molar-refractivity contribution in [2.75, 3.05) is 0 Å². The van der Waals surface area contributed by atoms with Crippen molar-refractivity contribution in [3.8, 4) is 17.2 Å². The van der Waals surface area contributed by atoms with Gasteiger partial charge >= 0.3 is 113 Å². The summed E-state index contributed by atoms with van der Waals surface area (Å²) in [6.07, 6.45) is 5.65. The monoisotopic (exact) mass is 811 g/mol. The summed E-state index contributed by atoms with van der Waals surface area (Å²) in [5.41, 5.74) is 2.52. The molecule has 0 amide bonds. The first-order valence-corrected chi connectivity index (χ1v) is 14.7. The molecule has 0 radical (unpaired) electrons. The number of carbonyl (C=O) groups excluding carboxylic acids is 3. The topological polar surface area (TPSA) is 384 Å². The molecule has 0 bridgehead atoms. The summed E-state index contributed by atoms with van der Waals surface area (Å²) >= 11 is 0. The number of pyridine rings is 3. The molecule has 256 valence electrons. The number of aliphatic hydroxyl groups is 3. The maximum Gasteiger partial charge on any atom is 2.00 e. The van der Waals surface area contributed by atoms with Crippen molar-refractivity contribution >= 4 is 148 Å². The van der Waals surface area contributed by atoms with Crippen LogP contribution < -0.4 is 29.4 Å². The molecule has 0 saturated carbocycles. The van der Waals surface area contributed by atoms with Crippen molar-refractivity contribution in [3.63, 3.8) is 0 Å². The predicted molar refractivity (Wildman–Crippen MR) is 158 cm³/mol. The first-order chi connectivity index (χ1) is 21.1. The molecule has 0 unspecified atom stereocenters. The summed E-state index contributed by atoms with van der Waals surface area (Å²) in [6, 6.07) is 0. The first kappa shape index (κ1) is 58.1. The van der Waals surface area contributed by atoms with Gasteiger partial charge in [-0.1, -0.05) is 0 Å². The van der Waals surface area contributed by atoms with E-state index in [0.29, 0.717) is 52.6 Å². The van der Waals surface area contributed by atoms with Crippen LogP contribution in [0, 0.1) is 20.8 Å². The zero-order valence-electron chi connectivity index (χ0n) is 26.1. The zero-order chi connectivity index (χ0) is 36.4. The Morgan fingerprint density at radius 3 is 0.816 bits per heavy atom. The fraction of sp³-hybridized carbons (Fsp3) is 0.250. The van der Waals surface area contributed by atoms with E-state index in [-0.39, 0.29) is 167 Å². The molecular formula is C24H27Ca3N3O17P2. The summed E-state index contributed by atoms with van der Waals surface area (Å²) in [5, 5.41) is 54.2. The Bertz CT molecular complexity index is 1390. The van der Waals surface area contributed by atoms with E-state index >= 15 is 0 Å². The number of aliphatic hydroxyl groups excluding tert-OH is 3. The minimum absolute atomic E-state index is 0. The fourth-order valence-electron chi connectivity index (χ4n) is 2.73. The Labute approximate surface area is 368 Å². The number of hydrogen-bond acceptors (Lipinski definition) is 20. The van der Waals surface area contributed by atoms with E-state index < -0.39 is 15.6 Å². The standard InChI is InChI=1S/3C8H9NO3.3Ca.2H3O4P/c3*1-5-8(12)7(4-11)6(3-10)2-9-5;;;;2*1-5(2,3)4/h3*2,4,10,12H,3H2,1H3;;;;2*(H3,1,2,3,4)/q;;;3*+2;;/p-6. The normalized spacial score (nSPS) is 9.63. The molecule has 0 spiro atoms. The Hall–Kier alpha value is -0.261. The minimum atomic E-state index is -5.39. The van der Waals surface area contributed by atoms with Crippen LogP contribution >= 0.6 is 15.6 Å². The molecule has 3 aromatic rings. The number of aryl methyl sites for hydroxylation is 3. The van der Waals surface area contributed by atoms with Gasteiger partial charge in [0.05, 0.1) is 53.6 Å². The molecular weight excluding hydrogens is 784 g/mol. The summed E-state index contributed by atoms with van der Waals surface area (Å²) in [5.74, 6) is -0.468. The van der Waals surface area contributed by atoms with Crippen LogP contribution in [-0.4, -0.2) is 178 Å². The smallest absolute Gasteiger partial charge is 0.822 e. The van der Waals surface area contributed by atoms with Gasteiger partial charge in [-0.3, -0.25) is 29.3 Å². The Morgan fingerprint density at radius 1 is 0.531 bits per heavy atom. The minimum Gasteiger partial charge on any atom is -0.822 e. The third kappa shape index (κ3) is 25.4. The van der Waals surface area contributed by atoms with E-state index in [1.54, 1.807) is 20.8 Å². The van der Waals surface area contributed by atoms with E-state index in [4.69, 9.17) is 53.8 Å². The van der Waals surface area contributed by atoms with Gasteiger partial charge in [0, 0.05) is 35.3 Å². The Kier molecular flexibility index (Phi) is 34.6. The van der Waals surface area contributed by atoms with E-state index in [9.17, 15) is 29.7 Å². The molecule has 49 heavy (non-hydrogen) atoms. The van der Waals surface area contributed by atoms with Crippen LogP contribution in [-0.2, 0) is 29.0 Å². The van der Waals surface area contributed by atoms with Gasteiger partial charge in [-0.05, 0) is 20.8 Å².